The molecule has 0 aliphatic rings. The van der Waals surface area contributed by atoms with E-state index in [1.807, 2.05) is 4.68 Å². The first-order valence-corrected chi connectivity index (χ1v) is 7.41. The van der Waals surface area contributed by atoms with Gasteiger partial charge in [-0.05, 0) is 13.3 Å². The summed E-state index contributed by atoms with van der Waals surface area (Å²) in [5, 5.41) is 4.55. The Kier molecular flexibility index (Phi) is 5.29. The summed E-state index contributed by atoms with van der Waals surface area (Å²) < 4.78 is 1.92. The number of aryl methyl sites for hydroxylation is 2. The van der Waals surface area contributed by atoms with Gasteiger partial charge in [-0.15, -0.1) is 0 Å². The molecule has 1 atom stereocenters. The minimum Gasteiger partial charge on any atom is -0.348 e. The molecule has 0 saturated carbocycles. The van der Waals surface area contributed by atoms with Gasteiger partial charge in [0.15, 0.2) is 5.82 Å². The molecule has 6 nitrogen and oxygen atoms in total. The predicted molar refractivity (Wildman–Crippen MR) is 78.1 cm³/mol. The number of unbranched alkanes of at least 4 members (excludes halogenated alkanes) is 2. The van der Waals surface area contributed by atoms with Crippen molar-refractivity contribution in [3.8, 4) is 0 Å². The molecule has 20 heavy (non-hydrogen) atoms. The monoisotopic (exact) mass is 276 g/mol. The van der Waals surface area contributed by atoms with Gasteiger partial charge in [0.2, 0.25) is 0 Å². The van der Waals surface area contributed by atoms with E-state index in [2.05, 4.69) is 33.9 Å². The van der Waals surface area contributed by atoms with Crippen LogP contribution in [0.5, 0.6) is 0 Å². The molecule has 2 aromatic heterocycles. The van der Waals surface area contributed by atoms with Crippen molar-refractivity contribution in [3.63, 3.8) is 0 Å². The smallest absolute Gasteiger partial charge is 0.151 e. The third-order valence-corrected chi connectivity index (χ3v) is 3.37. The van der Waals surface area contributed by atoms with Crippen LogP contribution in [0.3, 0.4) is 0 Å². The van der Waals surface area contributed by atoms with E-state index in [0.29, 0.717) is 6.42 Å². The molecule has 2 heterocycles. The molecule has 0 aromatic carbocycles. The zero-order chi connectivity index (χ0) is 14.4. The van der Waals surface area contributed by atoms with Crippen molar-refractivity contribution in [3.05, 3.63) is 29.9 Å². The third kappa shape index (κ3) is 3.66. The second-order valence-corrected chi connectivity index (χ2v) is 5.05. The lowest BCUT2D eigenvalue weighted by Crippen LogP contribution is -2.19. The minimum atomic E-state index is -0.150. The third-order valence-electron chi connectivity index (χ3n) is 3.37. The number of nitrogens with zero attached hydrogens (tertiary/aromatic N) is 4. The van der Waals surface area contributed by atoms with Crippen molar-refractivity contribution >= 4 is 0 Å². The van der Waals surface area contributed by atoms with Crippen LogP contribution in [0.25, 0.3) is 0 Å². The van der Waals surface area contributed by atoms with Gasteiger partial charge >= 0.3 is 0 Å². The molecular weight excluding hydrogens is 252 g/mol. The number of aromatic nitrogens is 5. The van der Waals surface area contributed by atoms with E-state index in [1.165, 1.54) is 12.8 Å². The second kappa shape index (κ2) is 7.19. The van der Waals surface area contributed by atoms with Crippen LogP contribution in [0.4, 0.5) is 0 Å². The van der Waals surface area contributed by atoms with E-state index < -0.39 is 0 Å². The first-order chi connectivity index (χ1) is 9.74. The van der Waals surface area contributed by atoms with E-state index in [1.54, 1.807) is 12.5 Å². The molecule has 0 amide bonds. The molecule has 0 aliphatic heterocycles. The number of hydrogen-bond donors (Lipinski definition) is 2. The Hall–Kier alpha value is -1.69. The van der Waals surface area contributed by atoms with Crippen molar-refractivity contribution in [1.82, 2.24) is 24.7 Å². The van der Waals surface area contributed by atoms with Gasteiger partial charge in [0.05, 0.1) is 12.4 Å². The first-order valence-electron chi connectivity index (χ1n) is 7.41. The van der Waals surface area contributed by atoms with Gasteiger partial charge in [0.25, 0.3) is 0 Å². The van der Waals surface area contributed by atoms with Gasteiger partial charge < -0.3 is 10.7 Å². The SMILES string of the molecule is CCCCCc1nc([C@@H](N)Cc2cnc[nH]2)n(CC)n1. The Morgan fingerprint density at radius 2 is 2.20 bits per heavy atom. The van der Waals surface area contributed by atoms with Gasteiger partial charge in [-0.25, -0.2) is 14.6 Å². The highest BCUT2D eigenvalue weighted by molar-refractivity contribution is 5.05. The number of nitrogens with two attached hydrogens (primary N) is 1. The molecule has 0 radical (unpaired) electrons. The second-order valence-electron chi connectivity index (χ2n) is 5.05. The van der Waals surface area contributed by atoms with E-state index in [4.69, 9.17) is 5.73 Å². The first kappa shape index (κ1) is 14.7. The van der Waals surface area contributed by atoms with Crippen LogP contribution >= 0.6 is 0 Å². The molecule has 0 bridgehead atoms. The number of H-pyrrole nitrogens is 1. The molecule has 0 saturated heterocycles. The van der Waals surface area contributed by atoms with E-state index in [9.17, 15) is 0 Å². The maximum absolute atomic E-state index is 6.26. The Labute approximate surface area is 119 Å². The normalized spacial score (nSPS) is 12.8. The molecule has 0 aliphatic carbocycles. The molecule has 0 spiro atoms. The lowest BCUT2D eigenvalue weighted by Gasteiger charge is -2.10. The average molecular weight is 276 g/mol. The summed E-state index contributed by atoms with van der Waals surface area (Å²) in [5.41, 5.74) is 7.28. The van der Waals surface area contributed by atoms with Crippen molar-refractivity contribution in [2.24, 2.45) is 5.73 Å². The molecule has 0 unspecified atom stereocenters. The Balaban J connectivity index is 2.05. The quantitative estimate of drug-likeness (QED) is 0.722. The topological polar surface area (TPSA) is 85.4 Å². The van der Waals surface area contributed by atoms with E-state index in [0.717, 1.165) is 36.7 Å². The summed E-state index contributed by atoms with van der Waals surface area (Å²) in [7, 11) is 0. The van der Waals surface area contributed by atoms with Gasteiger partial charge in [-0.1, -0.05) is 19.8 Å². The van der Waals surface area contributed by atoms with Crippen LogP contribution < -0.4 is 5.73 Å². The van der Waals surface area contributed by atoms with Gasteiger partial charge in [-0.3, -0.25) is 0 Å². The average Bonchev–Trinajstić information content (AvgIpc) is 3.08. The summed E-state index contributed by atoms with van der Waals surface area (Å²) >= 11 is 0. The highest BCUT2D eigenvalue weighted by Gasteiger charge is 2.17. The number of rotatable bonds is 8. The van der Waals surface area contributed by atoms with Crippen LogP contribution in [0.15, 0.2) is 12.5 Å². The van der Waals surface area contributed by atoms with Crippen LogP contribution in [-0.2, 0) is 19.4 Å². The highest BCUT2D eigenvalue weighted by Crippen LogP contribution is 2.14. The highest BCUT2D eigenvalue weighted by atomic mass is 15.4. The summed E-state index contributed by atoms with van der Waals surface area (Å²) in [6.07, 6.45) is 8.67. The Bertz CT molecular complexity index is 502. The maximum Gasteiger partial charge on any atom is 0.151 e. The molecule has 0 fully saturated rings. The van der Waals surface area contributed by atoms with Crippen LogP contribution in [0.2, 0.25) is 0 Å². The molecule has 2 rings (SSSR count). The fourth-order valence-corrected chi connectivity index (χ4v) is 2.27. The fourth-order valence-electron chi connectivity index (χ4n) is 2.27. The molecule has 110 valence electrons. The molecule has 6 heteroatoms. The molecule has 3 N–H and O–H groups in total. The summed E-state index contributed by atoms with van der Waals surface area (Å²) in [6, 6.07) is -0.150. The van der Waals surface area contributed by atoms with Crippen LogP contribution in [-0.4, -0.2) is 24.7 Å². The Morgan fingerprint density at radius 1 is 1.35 bits per heavy atom. The van der Waals surface area contributed by atoms with Crippen molar-refractivity contribution in [1.29, 1.82) is 0 Å². The fraction of sp³-hybridized carbons (Fsp3) is 0.643. The predicted octanol–water partition coefficient (Wildman–Crippen LogP) is 2.00. The van der Waals surface area contributed by atoms with Crippen molar-refractivity contribution in [2.75, 3.05) is 0 Å². The summed E-state index contributed by atoms with van der Waals surface area (Å²) in [4.78, 5) is 11.7. The Morgan fingerprint density at radius 3 is 2.85 bits per heavy atom. The van der Waals surface area contributed by atoms with Crippen LogP contribution in [0, 0.1) is 0 Å². The van der Waals surface area contributed by atoms with Crippen molar-refractivity contribution in [2.45, 2.75) is 58.5 Å². The lowest BCUT2D eigenvalue weighted by molar-refractivity contribution is 0.552. The van der Waals surface area contributed by atoms with Gasteiger partial charge in [0, 0.05) is 31.3 Å². The number of aromatic amines is 1. The number of hydrogen-bond acceptors (Lipinski definition) is 4. The minimum absolute atomic E-state index is 0.150. The standard InChI is InChI=1S/C14H24N6/c1-3-5-6-7-13-18-14(20(4-2)19-13)12(15)8-11-9-16-10-17-11/h9-10,12H,3-8,15H2,1-2H3,(H,16,17)/t12-/m0/s1. The zero-order valence-corrected chi connectivity index (χ0v) is 12.3. The molecular formula is C14H24N6. The summed E-state index contributed by atoms with van der Waals surface area (Å²) in [5.74, 6) is 1.78. The zero-order valence-electron chi connectivity index (χ0n) is 12.3. The van der Waals surface area contributed by atoms with E-state index >= 15 is 0 Å². The molecule has 2 aromatic rings. The van der Waals surface area contributed by atoms with Gasteiger partial charge in [0.1, 0.15) is 5.82 Å². The van der Waals surface area contributed by atoms with Crippen LogP contribution in [0.1, 0.15) is 56.5 Å². The number of imidazole rings is 1. The van der Waals surface area contributed by atoms with E-state index in [-0.39, 0.29) is 6.04 Å². The van der Waals surface area contributed by atoms with Gasteiger partial charge in [-0.2, -0.15) is 5.10 Å². The lowest BCUT2D eigenvalue weighted by atomic mass is 10.1. The largest absolute Gasteiger partial charge is 0.348 e. The maximum atomic E-state index is 6.26. The van der Waals surface area contributed by atoms with Crippen molar-refractivity contribution < 1.29 is 0 Å². The summed E-state index contributed by atoms with van der Waals surface area (Å²) in [6.45, 7) is 5.06. The number of nitrogens with one attached hydrogen (secondary N) is 1.